The predicted octanol–water partition coefficient (Wildman–Crippen LogP) is 5.95. The summed E-state index contributed by atoms with van der Waals surface area (Å²) in [6.07, 6.45) is 1.02. The smallest absolute Gasteiger partial charge is 0.266 e. The number of ether oxygens (including phenoxy) is 2. The van der Waals surface area contributed by atoms with Gasteiger partial charge >= 0.3 is 0 Å². The quantitative estimate of drug-likeness (QED) is 0.106. The standard InChI is InChI=1S/C37H41BrN4O4/c1-42(2)23-8-22-39-41-36(44)37(26-31-12-6-7-13-33(31)38)34(29-16-14-28(15-17-29)27-10-4-3-5-11-27)46-35(40-37)30-18-20-32(21-19-30)45-25-9-24-43/h3-7,10-21,34,39,43H,8-9,22-26H2,1-2H3,(H,41,44)/t34-,37-/m0/s1. The second-order valence-corrected chi connectivity index (χ2v) is 12.4. The lowest BCUT2D eigenvalue weighted by molar-refractivity contribution is -0.130. The Hall–Kier alpha value is -4.02. The first kappa shape index (κ1) is 33.3. The van der Waals surface area contributed by atoms with Crippen LogP contribution in [0.4, 0.5) is 0 Å². The number of amides is 1. The van der Waals surface area contributed by atoms with E-state index in [9.17, 15) is 4.79 Å². The molecule has 4 aromatic rings. The van der Waals surface area contributed by atoms with E-state index in [1.54, 1.807) is 0 Å². The number of nitrogens with zero attached hydrogens (tertiary/aromatic N) is 2. The van der Waals surface area contributed by atoms with Crippen LogP contribution >= 0.6 is 15.9 Å². The van der Waals surface area contributed by atoms with Gasteiger partial charge in [0.1, 0.15) is 5.75 Å². The normalized spacial score (nSPS) is 17.4. The Balaban J connectivity index is 1.52. The van der Waals surface area contributed by atoms with Crippen LogP contribution in [0.15, 0.2) is 113 Å². The number of benzene rings is 4. The van der Waals surface area contributed by atoms with Crippen molar-refractivity contribution in [2.75, 3.05) is 40.4 Å². The molecule has 9 heteroatoms. The van der Waals surface area contributed by atoms with Gasteiger partial charge in [-0.1, -0.05) is 88.7 Å². The van der Waals surface area contributed by atoms with Crippen LogP contribution in [-0.2, 0) is 16.0 Å². The van der Waals surface area contributed by atoms with Gasteiger partial charge in [0.2, 0.25) is 5.90 Å². The predicted molar refractivity (Wildman–Crippen MR) is 186 cm³/mol. The molecule has 5 rings (SSSR count). The van der Waals surface area contributed by atoms with E-state index in [0.29, 0.717) is 37.6 Å². The maximum Gasteiger partial charge on any atom is 0.266 e. The van der Waals surface area contributed by atoms with Crippen LogP contribution in [-0.4, -0.2) is 67.7 Å². The summed E-state index contributed by atoms with van der Waals surface area (Å²) >= 11 is 3.70. The van der Waals surface area contributed by atoms with Gasteiger partial charge in [-0.05, 0) is 79.6 Å². The molecule has 1 heterocycles. The average molecular weight is 686 g/mol. The third-order valence-electron chi connectivity index (χ3n) is 7.88. The minimum atomic E-state index is -1.32. The van der Waals surface area contributed by atoms with E-state index < -0.39 is 11.6 Å². The molecule has 46 heavy (non-hydrogen) atoms. The zero-order valence-corrected chi connectivity index (χ0v) is 27.9. The van der Waals surface area contributed by atoms with Crippen LogP contribution in [0.3, 0.4) is 0 Å². The van der Waals surface area contributed by atoms with Crippen molar-refractivity contribution >= 4 is 27.7 Å². The molecule has 1 aliphatic heterocycles. The van der Waals surface area contributed by atoms with Crippen molar-refractivity contribution in [3.8, 4) is 16.9 Å². The number of carbonyl (C=O) groups excluding carboxylic acids is 1. The largest absolute Gasteiger partial charge is 0.494 e. The lowest BCUT2D eigenvalue weighted by Crippen LogP contribution is -2.54. The number of halogens is 1. The number of rotatable bonds is 15. The first-order valence-electron chi connectivity index (χ1n) is 15.6. The highest BCUT2D eigenvalue weighted by atomic mass is 79.9. The van der Waals surface area contributed by atoms with E-state index >= 15 is 0 Å². The van der Waals surface area contributed by atoms with Crippen molar-refractivity contribution in [2.45, 2.75) is 30.9 Å². The van der Waals surface area contributed by atoms with Crippen molar-refractivity contribution in [3.05, 3.63) is 124 Å². The third-order valence-corrected chi connectivity index (χ3v) is 8.65. The number of hydrogen-bond donors (Lipinski definition) is 3. The summed E-state index contributed by atoms with van der Waals surface area (Å²) in [4.78, 5) is 21.6. The van der Waals surface area contributed by atoms with Gasteiger partial charge in [-0.25, -0.2) is 10.4 Å². The Morgan fingerprint density at radius 2 is 1.59 bits per heavy atom. The number of aliphatic imine (C=N–C) groups is 1. The Bertz CT molecular complexity index is 1600. The number of hydrazine groups is 1. The van der Waals surface area contributed by atoms with Crippen molar-refractivity contribution in [1.29, 1.82) is 0 Å². The molecule has 4 aromatic carbocycles. The molecule has 0 radical (unpaired) electrons. The summed E-state index contributed by atoms with van der Waals surface area (Å²) in [5.41, 5.74) is 9.50. The fraction of sp³-hybridized carbons (Fsp3) is 0.297. The van der Waals surface area contributed by atoms with E-state index in [0.717, 1.165) is 45.3 Å². The molecule has 0 saturated carbocycles. The summed E-state index contributed by atoms with van der Waals surface area (Å²) < 4.78 is 13.3. The lowest BCUT2D eigenvalue weighted by atomic mass is 9.82. The molecule has 0 aliphatic carbocycles. The molecular formula is C37H41BrN4O4. The zero-order chi connectivity index (χ0) is 32.4. The van der Waals surface area contributed by atoms with E-state index in [1.165, 1.54) is 0 Å². The van der Waals surface area contributed by atoms with E-state index in [2.05, 4.69) is 55.9 Å². The Kier molecular flexibility index (Phi) is 11.6. The van der Waals surface area contributed by atoms with Crippen LogP contribution in [0.1, 0.15) is 35.6 Å². The van der Waals surface area contributed by atoms with Crippen molar-refractivity contribution in [3.63, 3.8) is 0 Å². The summed E-state index contributed by atoms with van der Waals surface area (Å²) in [5.74, 6) is 0.793. The molecule has 1 aliphatic rings. The van der Waals surface area contributed by atoms with Crippen molar-refractivity contribution < 1.29 is 19.4 Å². The fourth-order valence-electron chi connectivity index (χ4n) is 5.43. The summed E-state index contributed by atoms with van der Waals surface area (Å²) in [5, 5.41) is 9.09. The van der Waals surface area contributed by atoms with Gasteiger partial charge < -0.3 is 19.5 Å². The first-order valence-corrected chi connectivity index (χ1v) is 16.4. The molecule has 2 atom stereocenters. The Morgan fingerprint density at radius 3 is 2.28 bits per heavy atom. The highest BCUT2D eigenvalue weighted by molar-refractivity contribution is 9.10. The number of hydrogen-bond acceptors (Lipinski definition) is 7. The lowest BCUT2D eigenvalue weighted by Gasteiger charge is -2.31. The summed E-state index contributed by atoms with van der Waals surface area (Å²) in [6.45, 7) is 2.00. The maximum atomic E-state index is 14.4. The second-order valence-electron chi connectivity index (χ2n) is 11.6. The highest BCUT2D eigenvalue weighted by Crippen LogP contribution is 2.43. The topological polar surface area (TPSA) is 95.4 Å². The Morgan fingerprint density at radius 1 is 0.913 bits per heavy atom. The van der Waals surface area contributed by atoms with Crippen molar-refractivity contribution in [1.82, 2.24) is 15.8 Å². The van der Waals surface area contributed by atoms with Gasteiger partial charge in [-0.15, -0.1) is 0 Å². The number of aliphatic hydroxyl groups is 1. The average Bonchev–Trinajstić information content (AvgIpc) is 3.47. The van der Waals surface area contributed by atoms with Crippen molar-refractivity contribution in [2.24, 2.45) is 4.99 Å². The van der Waals surface area contributed by atoms with E-state index in [4.69, 9.17) is 19.6 Å². The molecule has 8 nitrogen and oxygen atoms in total. The minimum Gasteiger partial charge on any atom is -0.494 e. The third kappa shape index (κ3) is 8.22. The molecule has 240 valence electrons. The SMILES string of the molecule is CN(C)CCCNNC(=O)[C@@]1(Cc2ccccc2Br)N=C(c2ccc(OCCCO)cc2)O[C@H]1c1ccc(-c2ccccc2)cc1. The van der Waals surface area contributed by atoms with Gasteiger partial charge in [-0.3, -0.25) is 10.2 Å². The first-order chi connectivity index (χ1) is 22.4. The molecule has 0 spiro atoms. The molecule has 0 aromatic heterocycles. The Labute approximate surface area is 279 Å². The summed E-state index contributed by atoms with van der Waals surface area (Å²) in [6, 6.07) is 33.7. The van der Waals surface area contributed by atoms with Gasteiger partial charge in [0, 0.05) is 36.0 Å². The highest BCUT2D eigenvalue weighted by Gasteiger charge is 2.53. The second kappa shape index (κ2) is 16.0. The molecule has 1 amide bonds. The molecule has 0 fully saturated rings. The molecule has 0 bridgehead atoms. The van der Waals surface area contributed by atoms with Gasteiger partial charge in [0.25, 0.3) is 5.91 Å². The van der Waals surface area contributed by atoms with Crippen LogP contribution in [0.25, 0.3) is 11.1 Å². The maximum absolute atomic E-state index is 14.4. The van der Waals surface area contributed by atoms with Gasteiger partial charge in [0.15, 0.2) is 11.6 Å². The monoisotopic (exact) mass is 684 g/mol. The summed E-state index contributed by atoms with van der Waals surface area (Å²) in [7, 11) is 4.05. The zero-order valence-electron chi connectivity index (χ0n) is 26.3. The number of nitrogens with one attached hydrogen (secondary N) is 2. The number of carbonyl (C=O) groups is 1. The molecule has 0 unspecified atom stereocenters. The van der Waals surface area contributed by atoms with Crippen LogP contribution in [0, 0.1) is 0 Å². The van der Waals surface area contributed by atoms with Gasteiger partial charge in [0.05, 0.1) is 6.61 Å². The molecule has 0 saturated heterocycles. The molecule has 3 N–H and O–H groups in total. The fourth-order valence-corrected chi connectivity index (χ4v) is 5.86. The van der Waals surface area contributed by atoms with Crippen LogP contribution < -0.4 is 15.6 Å². The minimum absolute atomic E-state index is 0.0721. The van der Waals surface area contributed by atoms with Gasteiger partial charge in [-0.2, -0.15) is 0 Å². The van der Waals surface area contributed by atoms with Crippen LogP contribution in [0.5, 0.6) is 5.75 Å². The number of aliphatic hydroxyl groups excluding tert-OH is 1. The molecular weight excluding hydrogens is 644 g/mol. The van der Waals surface area contributed by atoms with E-state index in [1.807, 2.05) is 93.0 Å². The van der Waals surface area contributed by atoms with E-state index in [-0.39, 0.29) is 12.5 Å². The van der Waals surface area contributed by atoms with Crippen LogP contribution in [0.2, 0.25) is 0 Å².